The van der Waals surface area contributed by atoms with Crippen molar-refractivity contribution >= 4 is 5.91 Å². The predicted molar refractivity (Wildman–Crippen MR) is 111 cm³/mol. The number of hydrogen-bond acceptors (Lipinski definition) is 7. The minimum Gasteiger partial charge on any atom is -0.493 e. The van der Waals surface area contributed by atoms with Gasteiger partial charge in [0.2, 0.25) is 11.8 Å². The van der Waals surface area contributed by atoms with Crippen molar-refractivity contribution in [2.45, 2.75) is 20.4 Å². The molecular weight excluding hydrogens is 386 g/mol. The average Bonchev–Trinajstić information content (AvgIpc) is 3.22. The van der Waals surface area contributed by atoms with E-state index in [-0.39, 0.29) is 19.1 Å². The van der Waals surface area contributed by atoms with Crippen LogP contribution in [0.4, 0.5) is 0 Å². The first kappa shape index (κ1) is 21.2. The van der Waals surface area contributed by atoms with Gasteiger partial charge in [-0.25, -0.2) is 0 Å². The molecule has 0 aliphatic carbocycles. The van der Waals surface area contributed by atoms with Crippen LogP contribution in [0, 0.1) is 13.8 Å². The van der Waals surface area contributed by atoms with E-state index in [0.717, 1.165) is 5.56 Å². The van der Waals surface area contributed by atoms with Crippen molar-refractivity contribution in [2.75, 3.05) is 27.9 Å². The molecule has 0 saturated carbocycles. The van der Waals surface area contributed by atoms with Crippen LogP contribution >= 0.6 is 0 Å². The van der Waals surface area contributed by atoms with E-state index in [9.17, 15) is 4.79 Å². The molecule has 1 heterocycles. The molecule has 0 unspecified atom stereocenters. The molecule has 0 saturated heterocycles. The second-order valence-corrected chi connectivity index (χ2v) is 6.86. The van der Waals surface area contributed by atoms with Gasteiger partial charge >= 0.3 is 0 Å². The summed E-state index contributed by atoms with van der Waals surface area (Å²) in [6.07, 6.45) is 0. The van der Waals surface area contributed by atoms with Gasteiger partial charge < -0.3 is 23.5 Å². The van der Waals surface area contributed by atoms with Crippen LogP contribution in [0.2, 0.25) is 0 Å². The molecule has 3 rings (SSSR count). The Kier molecular flexibility index (Phi) is 6.56. The minimum absolute atomic E-state index is 0.0737. The van der Waals surface area contributed by atoms with Crippen molar-refractivity contribution in [3.8, 4) is 28.7 Å². The first-order chi connectivity index (χ1) is 14.4. The second-order valence-electron chi connectivity index (χ2n) is 6.86. The number of ether oxygens (including phenoxy) is 3. The molecule has 3 aromatic rings. The topological polar surface area (TPSA) is 86.9 Å². The largest absolute Gasteiger partial charge is 0.493 e. The third kappa shape index (κ3) is 4.89. The molecule has 1 amide bonds. The number of carbonyl (C=O) groups excluding carboxylic acids is 1. The maximum atomic E-state index is 12.4. The highest BCUT2D eigenvalue weighted by atomic mass is 16.5. The van der Waals surface area contributed by atoms with Gasteiger partial charge in [0, 0.05) is 12.6 Å². The first-order valence-electron chi connectivity index (χ1n) is 9.40. The van der Waals surface area contributed by atoms with Crippen molar-refractivity contribution in [3.05, 3.63) is 53.4 Å². The summed E-state index contributed by atoms with van der Waals surface area (Å²) in [6.45, 7) is 4.13. The number of rotatable bonds is 8. The lowest BCUT2D eigenvalue weighted by molar-refractivity contribution is -0.132. The zero-order chi connectivity index (χ0) is 21.7. The van der Waals surface area contributed by atoms with Crippen molar-refractivity contribution in [3.63, 3.8) is 0 Å². The molecule has 0 bridgehead atoms. The Bertz CT molecular complexity index is 1030. The fourth-order valence-corrected chi connectivity index (χ4v) is 2.75. The molecule has 30 heavy (non-hydrogen) atoms. The fourth-order valence-electron chi connectivity index (χ4n) is 2.75. The minimum atomic E-state index is -0.195. The molecule has 8 nitrogen and oxygen atoms in total. The van der Waals surface area contributed by atoms with Gasteiger partial charge in [0.1, 0.15) is 5.75 Å². The number of amides is 1. The van der Waals surface area contributed by atoms with E-state index >= 15 is 0 Å². The molecule has 0 spiro atoms. The van der Waals surface area contributed by atoms with Crippen LogP contribution in [0.5, 0.6) is 17.2 Å². The SMILES string of the molecule is COc1ccc(-c2nnc(CN(C)C(=O)COc3ccc(C)c(C)c3)o2)cc1OC. The lowest BCUT2D eigenvalue weighted by Gasteiger charge is -2.15. The highest BCUT2D eigenvalue weighted by Gasteiger charge is 2.16. The number of likely N-dealkylation sites (N-methyl/N-ethyl adjacent to an activating group) is 1. The lowest BCUT2D eigenvalue weighted by atomic mass is 10.1. The van der Waals surface area contributed by atoms with Crippen LogP contribution in [-0.2, 0) is 11.3 Å². The summed E-state index contributed by atoms with van der Waals surface area (Å²) in [5, 5.41) is 8.09. The van der Waals surface area contributed by atoms with Gasteiger partial charge in [0.15, 0.2) is 18.1 Å². The van der Waals surface area contributed by atoms with Gasteiger partial charge in [0.05, 0.1) is 20.8 Å². The molecule has 1 aromatic heterocycles. The first-order valence-corrected chi connectivity index (χ1v) is 9.40. The van der Waals surface area contributed by atoms with E-state index in [2.05, 4.69) is 10.2 Å². The molecule has 0 radical (unpaired) electrons. The van der Waals surface area contributed by atoms with Crippen LogP contribution in [0.25, 0.3) is 11.5 Å². The number of nitrogens with zero attached hydrogens (tertiary/aromatic N) is 3. The van der Waals surface area contributed by atoms with Gasteiger partial charge in [-0.1, -0.05) is 6.07 Å². The number of aromatic nitrogens is 2. The van der Waals surface area contributed by atoms with Crippen molar-refractivity contribution in [2.24, 2.45) is 0 Å². The van der Waals surface area contributed by atoms with Crippen LogP contribution in [-0.4, -0.2) is 48.9 Å². The van der Waals surface area contributed by atoms with Crippen LogP contribution < -0.4 is 14.2 Å². The third-order valence-electron chi connectivity index (χ3n) is 4.74. The molecule has 0 atom stereocenters. The Morgan fingerprint density at radius 2 is 1.77 bits per heavy atom. The normalized spacial score (nSPS) is 10.6. The summed E-state index contributed by atoms with van der Waals surface area (Å²) in [4.78, 5) is 13.9. The number of aryl methyl sites for hydroxylation is 2. The smallest absolute Gasteiger partial charge is 0.260 e. The molecule has 2 aromatic carbocycles. The quantitative estimate of drug-likeness (QED) is 0.561. The van der Waals surface area contributed by atoms with Crippen LogP contribution in [0.15, 0.2) is 40.8 Å². The maximum Gasteiger partial charge on any atom is 0.260 e. The van der Waals surface area contributed by atoms with E-state index in [1.54, 1.807) is 39.5 Å². The van der Waals surface area contributed by atoms with E-state index < -0.39 is 0 Å². The van der Waals surface area contributed by atoms with Crippen LogP contribution in [0.3, 0.4) is 0 Å². The Labute approximate surface area is 175 Å². The highest BCUT2D eigenvalue weighted by Crippen LogP contribution is 2.31. The fraction of sp³-hybridized carbons (Fsp3) is 0.318. The Morgan fingerprint density at radius 3 is 2.47 bits per heavy atom. The lowest BCUT2D eigenvalue weighted by Crippen LogP contribution is -2.31. The van der Waals surface area contributed by atoms with E-state index in [4.69, 9.17) is 18.6 Å². The van der Waals surface area contributed by atoms with Crippen molar-refractivity contribution in [1.29, 1.82) is 0 Å². The van der Waals surface area contributed by atoms with E-state index in [1.807, 2.05) is 32.0 Å². The molecule has 158 valence electrons. The summed E-state index contributed by atoms with van der Waals surface area (Å²) in [5.74, 6) is 2.29. The molecule has 8 heteroatoms. The molecule has 0 N–H and O–H groups in total. The summed E-state index contributed by atoms with van der Waals surface area (Å²) < 4.78 is 21.8. The standard InChI is InChI=1S/C22H25N3O5/c1-14-6-8-17(10-15(14)2)29-13-21(26)25(3)12-20-23-24-22(30-20)16-7-9-18(27-4)19(11-16)28-5/h6-11H,12-13H2,1-5H3. The molecular formula is C22H25N3O5. The third-order valence-corrected chi connectivity index (χ3v) is 4.74. The second kappa shape index (κ2) is 9.30. The zero-order valence-corrected chi connectivity index (χ0v) is 17.8. The zero-order valence-electron chi connectivity index (χ0n) is 17.8. The van der Waals surface area contributed by atoms with Gasteiger partial charge in [0.25, 0.3) is 5.91 Å². The summed E-state index contributed by atoms with van der Waals surface area (Å²) >= 11 is 0. The predicted octanol–water partition coefficient (Wildman–Crippen LogP) is 3.41. The van der Waals surface area contributed by atoms with Gasteiger partial charge in [-0.15, -0.1) is 10.2 Å². The Balaban J connectivity index is 1.60. The van der Waals surface area contributed by atoms with Crippen molar-refractivity contribution in [1.82, 2.24) is 15.1 Å². The summed E-state index contributed by atoms with van der Waals surface area (Å²) in [5.41, 5.74) is 2.98. The van der Waals surface area contributed by atoms with E-state index in [0.29, 0.717) is 34.6 Å². The van der Waals surface area contributed by atoms with Gasteiger partial charge in [-0.3, -0.25) is 4.79 Å². The maximum absolute atomic E-state index is 12.4. The average molecular weight is 411 g/mol. The Hall–Kier alpha value is -3.55. The van der Waals surface area contributed by atoms with E-state index in [1.165, 1.54) is 10.5 Å². The van der Waals surface area contributed by atoms with Gasteiger partial charge in [-0.05, 0) is 55.3 Å². The highest BCUT2D eigenvalue weighted by molar-refractivity contribution is 5.77. The number of methoxy groups -OCH3 is 2. The van der Waals surface area contributed by atoms with Crippen molar-refractivity contribution < 1.29 is 23.4 Å². The van der Waals surface area contributed by atoms with Gasteiger partial charge in [-0.2, -0.15) is 0 Å². The molecule has 0 fully saturated rings. The number of benzene rings is 2. The monoisotopic (exact) mass is 411 g/mol. The number of hydrogen-bond donors (Lipinski definition) is 0. The summed E-state index contributed by atoms with van der Waals surface area (Å²) in [7, 11) is 4.78. The van der Waals surface area contributed by atoms with Crippen LogP contribution in [0.1, 0.15) is 17.0 Å². The summed E-state index contributed by atoms with van der Waals surface area (Å²) in [6, 6.07) is 11.0. The number of carbonyl (C=O) groups is 1. The molecule has 0 aliphatic rings. The Morgan fingerprint density at radius 1 is 1.00 bits per heavy atom. The molecule has 0 aliphatic heterocycles.